The first-order valence-corrected chi connectivity index (χ1v) is 6.92. The third kappa shape index (κ3) is 3.32. The zero-order chi connectivity index (χ0) is 12.3. The highest BCUT2D eigenvalue weighted by molar-refractivity contribution is 5.32. The van der Waals surface area contributed by atoms with Crippen molar-refractivity contribution in [3.05, 3.63) is 35.4 Å². The highest BCUT2D eigenvalue weighted by Crippen LogP contribution is 2.35. The summed E-state index contributed by atoms with van der Waals surface area (Å²) in [6.45, 7) is 4.36. The molecule has 1 aliphatic carbocycles. The SMILES string of the molecule is CC(C)CC(O)CC1CCCc2ccccc21. The monoisotopic (exact) mass is 232 g/mol. The Hall–Kier alpha value is -0.820. The third-order valence-electron chi connectivity index (χ3n) is 3.79. The number of rotatable bonds is 4. The van der Waals surface area contributed by atoms with E-state index in [0.717, 1.165) is 12.8 Å². The van der Waals surface area contributed by atoms with Crippen molar-refractivity contribution in [1.29, 1.82) is 0 Å². The molecule has 17 heavy (non-hydrogen) atoms. The first kappa shape index (κ1) is 12.6. The Morgan fingerprint density at radius 1 is 1.29 bits per heavy atom. The molecule has 0 saturated carbocycles. The smallest absolute Gasteiger partial charge is 0.0548 e. The molecule has 0 fully saturated rings. The van der Waals surface area contributed by atoms with Crippen LogP contribution >= 0.6 is 0 Å². The molecule has 0 amide bonds. The number of fused-ring (bicyclic) bond motifs is 1. The summed E-state index contributed by atoms with van der Waals surface area (Å²) in [7, 11) is 0. The summed E-state index contributed by atoms with van der Waals surface area (Å²) in [6, 6.07) is 8.76. The lowest BCUT2D eigenvalue weighted by Gasteiger charge is -2.27. The zero-order valence-corrected chi connectivity index (χ0v) is 11.0. The first-order chi connectivity index (χ1) is 8.16. The maximum Gasteiger partial charge on any atom is 0.0548 e. The predicted molar refractivity (Wildman–Crippen MR) is 72.2 cm³/mol. The van der Waals surface area contributed by atoms with Crippen LogP contribution in [-0.4, -0.2) is 11.2 Å². The van der Waals surface area contributed by atoms with E-state index in [-0.39, 0.29) is 6.10 Å². The van der Waals surface area contributed by atoms with E-state index in [4.69, 9.17) is 0 Å². The Balaban J connectivity index is 2.03. The molecule has 0 spiro atoms. The quantitative estimate of drug-likeness (QED) is 0.834. The maximum atomic E-state index is 10.1. The number of aryl methyl sites for hydroxylation is 1. The van der Waals surface area contributed by atoms with Crippen molar-refractivity contribution in [1.82, 2.24) is 0 Å². The van der Waals surface area contributed by atoms with Crippen molar-refractivity contribution in [3.63, 3.8) is 0 Å². The molecule has 2 rings (SSSR count). The Bertz CT molecular complexity index is 356. The molecule has 0 heterocycles. The summed E-state index contributed by atoms with van der Waals surface area (Å²) < 4.78 is 0. The predicted octanol–water partition coefficient (Wildman–Crippen LogP) is 3.90. The van der Waals surface area contributed by atoms with Gasteiger partial charge in [0.25, 0.3) is 0 Å². The van der Waals surface area contributed by atoms with Gasteiger partial charge in [0.2, 0.25) is 0 Å². The number of benzene rings is 1. The summed E-state index contributed by atoms with van der Waals surface area (Å²) in [5.41, 5.74) is 2.99. The second kappa shape index (κ2) is 5.68. The van der Waals surface area contributed by atoms with E-state index in [2.05, 4.69) is 38.1 Å². The topological polar surface area (TPSA) is 20.2 Å². The van der Waals surface area contributed by atoms with Crippen LogP contribution in [0.3, 0.4) is 0 Å². The molecule has 94 valence electrons. The minimum atomic E-state index is -0.133. The van der Waals surface area contributed by atoms with Crippen LogP contribution in [0.2, 0.25) is 0 Å². The molecular weight excluding hydrogens is 208 g/mol. The number of hydrogen-bond donors (Lipinski definition) is 1. The molecule has 1 aromatic rings. The van der Waals surface area contributed by atoms with Gasteiger partial charge in [-0.2, -0.15) is 0 Å². The minimum absolute atomic E-state index is 0.133. The van der Waals surface area contributed by atoms with Gasteiger partial charge in [-0.1, -0.05) is 38.1 Å². The Labute approximate surface area is 105 Å². The van der Waals surface area contributed by atoms with E-state index in [9.17, 15) is 5.11 Å². The van der Waals surface area contributed by atoms with Crippen LogP contribution < -0.4 is 0 Å². The normalized spacial score (nSPS) is 21.3. The molecule has 1 aliphatic rings. The van der Waals surface area contributed by atoms with Crippen molar-refractivity contribution in [2.24, 2.45) is 5.92 Å². The zero-order valence-electron chi connectivity index (χ0n) is 11.0. The van der Waals surface area contributed by atoms with Gasteiger partial charge in [0.05, 0.1) is 6.10 Å². The minimum Gasteiger partial charge on any atom is -0.393 e. The van der Waals surface area contributed by atoms with Gasteiger partial charge >= 0.3 is 0 Å². The third-order valence-corrected chi connectivity index (χ3v) is 3.79. The molecule has 0 aromatic heterocycles. The molecule has 1 aromatic carbocycles. The molecule has 1 N–H and O–H groups in total. The molecule has 0 saturated heterocycles. The number of aliphatic hydroxyl groups excluding tert-OH is 1. The molecular formula is C16H24O. The first-order valence-electron chi connectivity index (χ1n) is 6.92. The van der Waals surface area contributed by atoms with Crippen LogP contribution in [-0.2, 0) is 6.42 Å². The van der Waals surface area contributed by atoms with Crippen molar-refractivity contribution in [3.8, 4) is 0 Å². The van der Waals surface area contributed by atoms with Gasteiger partial charge < -0.3 is 5.11 Å². The van der Waals surface area contributed by atoms with Crippen molar-refractivity contribution < 1.29 is 5.11 Å². The van der Waals surface area contributed by atoms with Crippen LogP contribution in [0.1, 0.15) is 56.6 Å². The van der Waals surface area contributed by atoms with E-state index in [0.29, 0.717) is 11.8 Å². The highest BCUT2D eigenvalue weighted by Gasteiger charge is 2.22. The average molecular weight is 232 g/mol. The van der Waals surface area contributed by atoms with Gasteiger partial charge in [0.15, 0.2) is 0 Å². The fourth-order valence-electron chi connectivity index (χ4n) is 3.07. The largest absolute Gasteiger partial charge is 0.393 e. The Morgan fingerprint density at radius 2 is 2.06 bits per heavy atom. The van der Waals surface area contributed by atoms with E-state index in [1.807, 2.05) is 0 Å². The Kier molecular flexibility index (Phi) is 4.22. The van der Waals surface area contributed by atoms with E-state index in [1.165, 1.54) is 30.4 Å². The van der Waals surface area contributed by atoms with Crippen molar-refractivity contribution in [2.45, 2.75) is 58.0 Å². The van der Waals surface area contributed by atoms with Crippen LogP contribution in [0.5, 0.6) is 0 Å². The lowest BCUT2D eigenvalue weighted by molar-refractivity contribution is 0.128. The second-order valence-corrected chi connectivity index (χ2v) is 5.81. The molecule has 0 radical (unpaired) electrons. The summed E-state index contributed by atoms with van der Waals surface area (Å²) >= 11 is 0. The number of aliphatic hydroxyl groups is 1. The molecule has 1 heteroatoms. The Morgan fingerprint density at radius 3 is 2.82 bits per heavy atom. The second-order valence-electron chi connectivity index (χ2n) is 5.81. The molecule has 2 atom stereocenters. The van der Waals surface area contributed by atoms with Gasteiger partial charge in [-0.15, -0.1) is 0 Å². The molecule has 0 bridgehead atoms. The van der Waals surface area contributed by atoms with Crippen LogP contribution in [0.4, 0.5) is 0 Å². The highest BCUT2D eigenvalue weighted by atomic mass is 16.3. The summed E-state index contributed by atoms with van der Waals surface area (Å²) in [4.78, 5) is 0. The molecule has 0 aliphatic heterocycles. The van der Waals surface area contributed by atoms with Crippen molar-refractivity contribution in [2.75, 3.05) is 0 Å². The van der Waals surface area contributed by atoms with Gasteiger partial charge in [-0.05, 0) is 55.1 Å². The van der Waals surface area contributed by atoms with Crippen LogP contribution in [0, 0.1) is 5.92 Å². The van der Waals surface area contributed by atoms with Gasteiger partial charge in [0, 0.05) is 0 Å². The van der Waals surface area contributed by atoms with E-state index < -0.39 is 0 Å². The van der Waals surface area contributed by atoms with Crippen LogP contribution in [0.25, 0.3) is 0 Å². The average Bonchev–Trinajstić information content (AvgIpc) is 2.28. The van der Waals surface area contributed by atoms with E-state index in [1.54, 1.807) is 0 Å². The fraction of sp³-hybridized carbons (Fsp3) is 0.625. The summed E-state index contributed by atoms with van der Waals surface area (Å²) in [6.07, 6.45) is 5.47. The lowest BCUT2D eigenvalue weighted by Crippen LogP contribution is -2.18. The lowest BCUT2D eigenvalue weighted by atomic mass is 9.79. The van der Waals surface area contributed by atoms with Gasteiger partial charge in [0.1, 0.15) is 0 Å². The standard InChI is InChI=1S/C16H24O/c1-12(2)10-15(17)11-14-8-5-7-13-6-3-4-9-16(13)14/h3-4,6,9,12,14-15,17H,5,7-8,10-11H2,1-2H3. The van der Waals surface area contributed by atoms with E-state index >= 15 is 0 Å². The maximum absolute atomic E-state index is 10.1. The van der Waals surface area contributed by atoms with Gasteiger partial charge in [-0.3, -0.25) is 0 Å². The molecule has 1 nitrogen and oxygen atoms in total. The van der Waals surface area contributed by atoms with Crippen molar-refractivity contribution >= 4 is 0 Å². The van der Waals surface area contributed by atoms with Crippen LogP contribution in [0.15, 0.2) is 24.3 Å². The summed E-state index contributed by atoms with van der Waals surface area (Å²) in [5.74, 6) is 1.16. The number of hydrogen-bond acceptors (Lipinski definition) is 1. The summed E-state index contributed by atoms with van der Waals surface area (Å²) in [5, 5.41) is 10.1. The van der Waals surface area contributed by atoms with Gasteiger partial charge in [-0.25, -0.2) is 0 Å². The molecule has 2 unspecified atom stereocenters. The fourth-order valence-corrected chi connectivity index (χ4v) is 3.07.